The minimum Gasteiger partial charge on any atom is -0.481 e. The second-order valence-electron chi connectivity index (χ2n) is 5.88. The predicted molar refractivity (Wildman–Crippen MR) is 91.6 cm³/mol. The monoisotopic (exact) mass is 328 g/mol. The van der Waals surface area contributed by atoms with E-state index in [0.717, 1.165) is 18.7 Å². The van der Waals surface area contributed by atoms with Gasteiger partial charge >= 0.3 is 5.97 Å². The molecule has 1 fully saturated rings. The molecule has 1 saturated heterocycles. The molecule has 2 aromatic rings. The summed E-state index contributed by atoms with van der Waals surface area (Å²) in [6.45, 7) is 2.15. The van der Waals surface area contributed by atoms with Crippen LogP contribution in [-0.2, 0) is 11.3 Å². The van der Waals surface area contributed by atoms with Crippen LogP contribution < -0.4 is 0 Å². The van der Waals surface area contributed by atoms with Crippen molar-refractivity contribution in [3.8, 4) is 0 Å². The number of nitrogens with zero attached hydrogens (tertiary/aromatic N) is 2. The predicted octanol–water partition coefficient (Wildman–Crippen LogP) is 3.10. The van der Waals surface area contributed by atoms with Crippen molar-refractivity contribution in [2.45, 2.75) is 17.4 Å². The van der Waals surface area contributed by atoms with Gasteiger partial charge in [0.15, 0.2) is 0 Å². The van der Waals surface area contributed by atoms with Crippen LogP contribution in [0.2, 0.25) is 0 Å². The van der Waals surface area contributed by atoms with E-state index < -0.39 is 5.97 Å². The second kappa shape index (κ2) is 7.15. The van der Waals surface area contributed by atoms with Crippen molar-refractivity contribution >= 4 is 17.7 Å². The Bertz CT molecular complexity index is 678. The Morgan fingerprint density at radius 1 is 1.30 bits per heavy atom. The summed E-state index contributed by atoms with van der Waals surface area (Å²) in [6.07, 6.45) is 5.53. The molecule has 23 heavy (non-hydrogen) atoms. The third-order valence-corrected chi connectivity index (χ3v) is 5.11. The van der Waals surface area contributed by atoms with Gasteiger partial charge in [-0.2, -0.15) is 0 Å². The SMILES string of the molecule is CSc1cccc(CN2C[C@@H](C(=O)O)[C@H](c3ccncc3)C2)c1. The molecule has 0 bridgehead atoms. The van der Waals surface area contributed by atoms with E-state index in [4.69, 9.17) is 0 Å². The summed E-state index contributed by atoms with van der Waals surface area (Å²) in [5.74, 6) is -1.05. The van der Waals surface area contributed by atoms with E-state index in [9.17, 15) is 9.90 Å². The maximum atomic E-state index is 11.6. The second-order valence-corrected chi connectivity index (χ2v) is 6.76. The summed E-state index contributed by atoms with van der Waals surface area (Å²) in [5.41, 5.74) is 2.30. The molecule has 0 aliphatic carbocycles. The number of pyridine rings is 1. The highest BCUT2D eigenvalue weighted by Crippen LogP contribution is 2.33. The van der Waals surface area contributed by atoms with Crippen molar-refractivity contribution in [1.82, 2.24) is 9.88 Å². The first-order chi connectivity index (χ1) is 11.2. The number of aromatic nitrogens is 1. The fraction of sp³-hybridized carbons (Fsp3) is 0.333. The van der Waals surface area contributed by atoms with Gasteiger partial charge in [0, 0.05) is 42.8 Å². The molecule has 4 nitrogen and oxygen atoms in total. The molecule has 2 heterocycles. The number of benzene rings is 1. The summed E-state index contributed by atoms with van der Waals surface area (Å²) in [6, 6.07) is 12.3. The molecule has 5 heteroatoms. The van der Waals surface area contributed by atoms with Gasteiger partial charge in [-0.15, -0.1) is 11.8 Å². The van der Waals surface area contributed by atoms with E-state index in [-0.39, 0.29) is 11.8 Å². The number of carboxylic acid groups (broad SMARTS) is 1. The van der Waals surface area contributed by atoms with E-state index in [0.29, 0.717) is 6.54 Å². The molecule has 3 rings (SSSR count). The third kappa shape index (κ3) is 3.74. The van der Waals surface area contributed by atoms with Gasteiger partial charge in [0.2, 0.25) is 0 Å². The highest BCUT2D eigenvalue weighted by atomic mass is 32.2. The molecule has 0 spiro atoms. The fourth-order valence-corrected chi connectivity index (χ4v) is 3.73. The zero-order valence-corrected chi connectivity index (χ0v) is 13.9. The molecular formula is C18H20N2O2S. The zero-order valence-electron chi connectivity index (χ0n) is 13.1. The Hall–Kier alpha value is -1.85. The summed E-state index contributed by atoms with van der Waals surface area (Å²) in [5, 5.41) is 9.57. The number of thioether (sulfide) groups is 1. The zero-order chi connectivity index (χ0) is 16.2. The van der Waals surface area contributed by atoms with Crippen LogP contribution in [0.25, 0.3) is 0 Å². The molecule has 0 radical (unpaired) electrons. The summed E-state index contributed by atoms with van der Waals surface area (Å²) < 4.78 is 0. The van der Waals surface area contributed by atoms with E-state index in [1.807, 2.05) is 12.1 Å². The van der Waals surface area contributed by atoms with Gasteiger partial charge in [0.05, 0.1) is 5.92 Å². The van der Waals surface area contributed by atoms with Crippen molar-refractivity contribution in [1.29, 1.82) is 0 Å². The van der Waals surface area contributed by atoms with Crippen LogP contribution in [0.15, 0.2) is 53.7 Å². The average molecular weight is 328 g/mol. The largest absolute Gasteiger partial charge is 0.481 e. The minimum absolute atomic E-state index is 0.0271. The molecule has 1 N–H and O–H groups in total. The van der Waals surface area contributed by atoms with Gasteiger partial charge in [-0.1, -0.05) is 12.1 Å². The molecule has 1 aliphatic rings. The van der Waals surface area contributed by atoms with E-state index >= 15 is 0 Å². The lowest BCUT2D eigenvalue weighted by atomic mass is 9.90. The van der Waals surface area contributed by atoms with Gasteiger partial charge in [-0.25, -0.2) is 0 Å². The molecule has 0 unspecified atom stereocenters. The Morgan fingerprint density at radius 3 is 2.78 bits per heavy atom. The van der Waals surface area contributed by atoms with Gasteiger partial charge < -0.3 is 5.11 Å². The van der Waals surface area contributed by atoms with Crippen LogP contribution >= 0.6 is 11.8 Å². The van der Waals surface area contributed by atoms with Gasteiger partial charge in [-0.05, 0) is 41.6 Å². The highest BCUT2D eigenvalue weighted by molar-refractivity contribution is 7.98. The van der Waals surface area contributed by atoms with E-state index in [1.54, 1.807) is 24.2 Å². The molecule has 0 amide bonds. The van der Waals surface area contributed by atoms with Gasteiger partial charge in [0.25, 0.3) is 0 Å². The number of hydrogen-bond donors (Lipinski definition) is 1. The smallest absolute Gasteiger partial charge is 0.308 e. The number of aliphatic carboxylic acids is 1. The summed E-state index contributed by atoms with van der Waals surface area (Å²) in [4.78, 5) is 19.1. The third-order valence-electron chi connectivity index (χ3n) is 4.39. The lowest BCUT2D eigenvalue weighted by Crippen LogP contribution is -2.23. The van der Waals surface area contributed by atoms with Crippen molar-refractivity contribution in [3.05, 3.63) is 59.9 Å². The molecule has 1 aromatic heterocycles. The Labute approximate surface area is 140 Å². The number of carbonyl (C=O) groups is 1. The highest BCUT2D eigenvalue weighted by Gasteiger charge is 2.38. The molecule has 2 atom stereocenters. The maximum absolute atomic E-state index is 11.6. The molecule has 1 aliphatic heterocycles. The van der Waals surface area contributed by atoms with Crippen LogP contribution in [-0.4, -0.2) is 40.3 Å². The Morgan fingerprint density at radius 2 is 2.09 bits per heavy atom. The van der Waals surface area contributed by atoms with Gasteiger partial charge in [-0.3, -0.25) is 14.7 Å². The quantitative estimate of drug-likeness (QED) is 0.855. The van der Waals surface area contributed by atoms with E-state index in [1.165, 1.54) is 10.5 Å². The Kier molecular flexibility index (Phi) is 4.98. The van der Waals surface area contributed by atoms with Crippen molar-refractivity contribution in [2.75, 3.05) is 19.3 Å². The normalized spacial score (nSPS) is 21.4. The summed E-state index contributed by atoms with van der Waals surface area (Å²) >= 11 is 1.72. The maximum Gasteiger partial charge on any atom is 0.308 e. The molecule has 120 valence electrons. The topological polar surface area (TPSA) is 53.4 Å². The first-order valence-corrected chi connectivity index (χ1v) is 8.88. The number of likely N-dealkylation sites (tertiary alicyclic amines) is 1. The Balaban J connectivity index is 1.76. The molecule has 0 saturated carbocycles. The van der Waals surface area contributed by atoms with Crippen LogP contribution in [0.3, 0.4) is 0 Å². The number of hydrogen-bond acceptors (Lipinski definition) is 4. The van der Waals surface area contributed by atoms with Crippen LogP contribution in [0, 0.1) is 5.92 Å². The molecule has 1 aromatic carbocycles. The van der Waals surface area contributed by atoms with Crippen LogP contribution in [0.5, 0.6) is 0 Å². The number of rotatable bonds is 5. The van der Waals surface area contributed by atoms with Crippen molar-refractivity contribution in [2.24, 2.45) is 5.92 Å². The fourth-order valence-electron chi connectivity index (χ4n) is 3.24. The summed E-state index contributed by atoms with van der Waals surface area (Å²) in [7, 11) is 0. The lowest BCUT2D eigenvalue weighted by Gasteiger charge is -2.16. The minimum atomic E-state index is -0.716. The lowest BCUT2D eigenvalue weighted by molar-refractivity contribution is -0.141. The van der Waals surface area contributed by atoms with Gasteiger partial charge in [0.1, 0.15) is 0 Å². The van der Waals surface area contributed by atoms with E-state index in [2.05, 4.69) is 40.4 Å². The van der Waals surface area contributed by atoms with Crippen molar-refractivity contribution < 1.29 is 9.90 Å². The van der Waals surface area contributed by atoms with Crippen molar-refractivity contribution in [3.63, 3.8) is 0 Å². The van der Waals surface area contributed by atoms with Crippen LogP contribution in [0.1, 0.15) is 17.0 Å². The first kappa shape index (κ1) is 16.0. The molecular weight excluding hydrogens is 308 g/mol. The standard InChI is InChI=1S/C18H20N2O2S/c1-23-15-4-2-3-13(9-15)10-20-11-16(17(12-20)18(21)22)14-5-7-19-8-6-14/h2-9,16-17H,10-12H2,1H3,(H,21,22)/t16-,17+/m0/s1. The van der Waals surface area contributed by atoms with Crippen LogP contribution in [0.4, 0.5) is 0 Å². The first-order valence-electron chi connectivity index (χ1n) is 7.65. The number of carboxylic acids is 1. The average Bonchev–Trinajstić information content (AvgIpc) is 3.00.